The van der Waals surface area contributed by atoms with Gasteiger partial charge in [-0.15, -0.1) is 12.4 Å². The van der Waals surface area contributed by atoms with E-state index in [2.05, 4.69) is 4.99 Å². The van der Waals surface area contributed by atoms with E-state index in [9.17, 15) is 13.2 Å². The summed E-state index contributed by atoms with van der Waals surface area (Å²) in [6.07, 6.45) is 1.14. The average molecular weight is 555 g/mol. The molecule has 1 fully saturated rings. The second kappa shape index (κ2) is 14.3. The van der Waals surface area contributed by atoms with Crippen LogP contribution in [0.2, 0.25) is 0 Å². The summed E-state index contributed by atoms with van der Waals surface area (Å²) in [4.78, 5) is 16.0. The van der Waals surface area contributed by atoms with Gasteiger partial charge in [-0.25, -0.2) is 8.42 Å². The first-order chi connectivity index (χ1) is 17.2. The van der Waals surface area contributed by atoms with Gasteiger partial charge >= 0.3 is 0 Å². The van der Waals surface area contributed by atoms with Crippen LogP contribution in [0.15, 0.2) is 52.4 Å². The summed E-state index contributed by atoms with van der Waals surface area (Å²) in [5.41, 5.74) is 13.2. The summed E-state index contributed by atoms with van der Waals surface area (Å²) in [5, 5.41) is 0. The van der Waals surface area contributed by atoms with Crippen LogP contribution in [0.3, 0.4) is 0 Å². The Balaban J connectivity index is 0.00000481. The average Bonchev–Trinajstić information content (AvgIpc) is 2.87. The van der Waals surface area contributed by atoms with Crippen molar-refractivity contribution in [1.82, 2.24) is 4.31 Å². The van der Waals surface area contributed by atoms with Crippen molar-refractivity contribution in [3.63, 3.8) is 0 Å². The topological polar surface area (TPSA) is 147 Å². The molecule has 2 aromatic rings. The van der Waals surface area contributed by atoms with Gasteiger partial charge in [-0.1, -0.05) is 31.2 Å². The van der Waals surface area contributed by atoms with Gasteiger partial charge in [-0.05, 0) is 35.7 Å². The van der Waals surface area contributed by atoms with E-state index >= 15 is 0 Å². The Morgan fingerprint density at radius 3 is 2.41 bits per heavy atom. The lowest BCUT2D eigenvalue weighted by Crippen LogP contribution is -2.40. The molecule has 37 heavy (non-hydrogen) atoms. The molecule has 0 saturated carbocycles. The predicted molar refractivity (Wildman–Crippen MR) is 144 cm³/mol. The van der Waals surface area contributed by atoms with Crippen molar-refractivity contribution in [2.45, 2.75) is 24.7 Å². The van der Waals surface area contributed by atoms with E-state index < -0.39 is 21.8 Å². The van der Waals surface area contributed by atoms with Crippen molar-refractivity contribution in [2.75, 3.05) is 46.6 Å². The molecule has 0 aromatic heterocycles. The van der Waals surface area contributed by atoms with Gasteiger partial charge in [0.25, 0.3) is 5.91 Å². The first-order valence-corrected chi connectivity index (χ1v) is 13.2. The molecule has 0 spiro atoms. The Labute approximate surface area is 224 Å². The van der Waals surface area contributed by atoms with E-state index in [0.717, 1.165) is 16.7 Å². The van der Waals surface area contributed by atoms with Crippen molar-refractivity contribution in [3.05, 3.63) is 48.0 Å². The van der Waals surface area contributed by atoms with Gasteiger partial charge < -0.3 is 25.7 Å². The number of hydrogen-bond donors (Lipinski definition) is 2. The summed E-state index contributed by atoms with van der Waals surface area (Å²) in [7, 11) is -1.95. The summed E-state index contributed by atoms with van der Waals surface area (Å²) < 4.78 is 43.8. The van der Waals surface area contributed by atoms with Crippen molar-refractivity contribution in [2.24, 2.45) is 22.4 Å². The highest BCUT2D eigenvalue weighted by Gasteiger charge is 2.26. The summed E-state index contributed by atoms with van der Waals surface area (Å²) in [5.74, 6) is -0.431. The zero-order valence-electron chi connectivity index (χ0n) is 21.1. The third-order valence-corrected chi connectivity index (χ3v) is 7.69. The van der Waals surface area contributed by atoms with E-state index in [0.29, 0.717) is 58.1 Å². The van der Waals surface area contributed by atoms with E-state index in [1.165, 1.54) is 4.31 Å². The monoisotopic (exact) mass is 554 g/mol. The molecule has 1 heterocycles. The quantitative estimate of drug-likeness (QED) is 0.244. The number of nitrogens with two attached hydrogens (primary N) is 2. The van der Waals surface area contributed by atoms with Crippen molar-refractivity contribution >= 4 is 34.3 Å². The third-order valence-electron chi connectivity index (χ3n) is 5.77. The van der Waals surface area contributed by atoms with Gasteiger partial charge in [0, 0.05) is 44.7 Å². The number of carbonyl (C=O) groups excluding carboxylic acids is 1. The minimum Gasteiger partial charge on any atom is -0.493 e. The number of methoxy groups -OCH3 is 1. The van der Waals surface area contributed by atoms with Gasteiger partial charge in [-0.3, -0.25) is 4.79 Å². The molecule has 3 rings (SSSR count). The van der Waals surface area contributed by atoms with E-state index in [-0.39, 0.29) is 23.3 Å². The molecule has 2 aromatic carbocycles. The highest BCUT2D eigenvalue weighted by molar-refractivity contribution is 7.89. The Bertz CT molecular complexity index is 1160. The standard InChI is InChI=1S/C25H34N4O6S.ClH/c1-18(24(30)28-25(26)27)16-19-4-9-22(23(17-19)35-13-3-12-33-2)20-5-7-21(8-6-20)36(31,32)29-10-14-34-15-11-29;/h4-9,17-18H,3,10-16H2,1-2H3,(H4,26,27,28,30);1H. The lowest BCUT2D eigenvalue weighted by atomic mass is 9.97. The smallest absolute Gasteiger partial charge is 0.252 e. The summed E-state index contributed by atoms with van der Waals surface area (Å²) in [6, 6.07) is 12.5. The number of halogens is 1. The minimum atomic E-state index is -3.58. The number of hydrogen-bond acceptors (Lipinski definition) is 6. The lowest BCUT2D eigenvalue weighted by molar-refractivity contribution is -0.121. The Morgan fingerprint density at radius 2 is 1.78 bits per heavy atom. The number of morpholine rings is 1. The molecular formula is C25H35ClN4O6S. The molecule has 204 valence electrons. The maximum absolute atomic E-state index is 13.0. The van der Waals surface area contributed by atoms with Crippen molar-refractivity contribution in [1.29, 1.82) is 0 Å². The Hall–Kier alpha value is -2.70. The number of guanidine groups is 1. The fourth-order valence-corrected chi connectivity index (χ4v) is 5.27. The number of amides is 1. The number of nitrogens with zero attached hydrogens (tertiary/aromatic N) is 2. The molecule has 0 aliphatic carbocycles. The van der Waals surface area contributed by atoms with Crippen molar-refractivity contribution < 1.29 is 27.4 Å². The van der Waals surface area contributed by atoms with Gasteiger partial charge in [0.1, 0.15) is 5.75 Å². The van der Waals surface area contributed by atoms with Crippen LogP contribution < -0.4 is 16.2 Å². The normalized spacial score (nSPS) is 14.9. The first-order valence-electron chi connectivity index (χ1n) is 11.8. The largest absolute Gasteiger partial charge is 0.493 e. The molecule has 1 unspecified atom stereocenters. The number of carbonyl (C=O) groups is 1. The van der Waals surface area contributed by atoms with E-state index in [1.807, 2.05) is 18.2 Å². The fraction of sp³-hybridized carbons (Fsp3) is 0.440. The number of rotatable bonds is 11. The zero-order valence-corrected chi connectivity index (χ0v) is 22.7. The zero-order chi connectivity index (χ0) is 26.1. The van der Waals surface area contributed by atoms with Crippen LogP contribution in [-0.2, 0) is 30.7 Å². The SMILES string of the molecule is COCCCOc1cc(CC(C)C(=O)N=C(N)N)ccc1-c1ccc(S(=O)(=O)N2CCOCC2)cc1.Cl. The van der Waals surface area contributed by atoms with Crippen LogP contribution in [0.25, 0.3) is 11.1 Å². The molecule has 0 radical (unpaired) electrons. The highest BCUT2D eigenvalue weighted by atomic mass is 35.5. The molecule has 12 heteroatoms. The molecular weight excluding hydrogens is 520 g/mol. The molecule has 1 amide bonds. The minimum absolute atomic E-state index is 0. The number of sulfonamides is 1. The maximum atomic E-state index is 13.0. The second-order valence-electron chi connectivity index (χ2n) is 8.55. The van der Waals surface area contributed by atoms with Gasteiger partial charge in [0.2, 0.25) is 10.0 Å². The van der Waals surface area contributed by atoms with Gasteiger partial charge in [0.15, 0.2) is 5.96 Å². The van der Waals surface area contributed by atoms with E-state index in [1.54, 1.807) is 38.3 Å². The van der Waals surface area contributed by atoms with Crippen LogP contribution in [0.4, 0.5) is 0 Å². The van der Waals surface area contributed by atoms with E-state index in [4.69, 9.17) is 25.7 Å². The fourth-order valence-electron chi connectivity index (χ4n) is 3.86. The van der Waals surface area contributed by atoms with Gasteiger partial charge in [0.05, 0.1) is 24.7 Å². The van der Waals surface area contributed by atoms with Crippen LogP contribution >= 0.6 is 12.4 Å². The molecule has 0 bridgehead atoms. The van der Waals surface area contributed by atoms with Crippen LogP contribution in [0.5, 0.6) is 5.75 Å². The van der Waals surface area contributed by atoms with Crippen molar-refractivity contribution in [3.8, 4) is 16.9 Å². The summed E-state index contributed by atoms with van der Waals surface area (Å²) in [6.45, 7) is 4.23. The maximum Gasteiger partial charge on any atom is 0.252 e. The summed E-state index contributed by atoms with van der Waals surface area (Å²) >= 11 is 0. The molecule has 1 aliphatic rings. The van der Waals surface area contributed by atoms with Crippen LogP contribution in [0, 0.1) is 5.92 Å². The molecule has 4 N–H and O–H groups in total. The number of ether oxygens (including phenoxy) is 3. The lowest BCUT2D eigenvalue weighted by Gasteiger charge is -2.26. The van der Waals surface area contributed by atoms with Crippen LogP contribution in [0.1, 0.15) is 18.9 Å². The molecule has 1 saturated heterocycles. The molecule has 10 nitrogen and oxygen atoms in total. The predicted octanol–water partition coefficient (Wildman–Crippen LogP) is 2.19. The number of benzene rings is 2. The highest BCUT2D eigenvalue weighted by Crippen LogP contribution is 2.33. The molecule has 1 aliphatic heterocycles. The third kappa shape index (κ3) is 8.41. The first kappa shape index (κ1) is 30.5. The van der Waals surface area contributed by atoms with Crippen LogP contribution in [-0.4, -0.2) is 71.2 Å². The van der Waals surface area contributed by atoms with Gasteiger partial charge in [-0.2, -0.15) is 9.30 Å². The number of aliphatic imine (C=N–C) groups is 1. The Morgan fingerprint density at radius 1 is 1.11 bits per heavy atom. The second-order valence-corrected chi connectivity index (χ2v) is 10.5. The molecule has 1 atom stereocenters. The Kier molecular flexibility index (Phi) is 11.8.